The van der Waals surface area contributed by atoms with Crippen molar-refractivity contribution in [2.45, 2.75) is 134 Å². The molecule has 2 bridgehead atoms. The number of fused-ring (bicyclic) bond motifs is 7. The highest BCUT2D eigenvalue weighted by molar-refractivity contribution is 7.26. The lowest BCUT2D eigenvalue weighted by molar-refractivity contribution is -0.141. The molecule has 2 amide bonds. The molecule has 14 rings (SSSR count). The van der Waals surface area contributed by atoms with Crippen molar-refractivity contribution in [3.05, 3.63) is 76.5 Å². The fourth-order valence-corrected chi connectivity index (χ4v) is 17.1. The summed E-state index contributed by atoms with van der Waals surface area (Å²) in [4.78, 5) is 60.2. The van der Waals surface area contributed by atoms with Crippen molar-refractivity contribution in [3.8, 4) is 40.1 Å². The molecule has 6 aromatic heterocycles. The first kappa shape index (κ1) is 57.9. The Hall–Kier alpha value is -6.78. The molecule has 0 radical (unpaired) electrons. The first-order valence-electron chi connectivity index (χ1n) is 30.2. The number of anilines is 1. The van der Waals surface area contributed by atoms with E-state index >= 15 is 8.78 Å². The van der Waals surface area contributed by atoms with Gasteiger partial charge in [-0.3, -0.25) is 24.7 Å². The van der Waals surface area contributed by atoms with Crippen LogP contribution in [0.2, 0.25) is 0 Å². The number of carbonyl (C=O) groups is 2. The summed E-state index contributed by atoms with van der Waals surface area (Å²) in [5.41, 5.74) is 12.4. The van der Waals surface area contributed by atoms with Crippen molar-refractivity contribution >= 4 is 98.8 Å². The Labute approximate surface area is 514 Å². The molecule has 11 heterocycles. The number of aliphatic hydroxyl groups is 1. The summed E-state index contributed by atoms with van der Waals surface area (Å²) in [6.07, 6.45) is 14.3. The highest BCUT2D eigenvalue weighted by Crippen LogP contribution is 2.61. The average Bonchev–Trinajstić information content (AvgIpc) is 1.67. The van der Waals surface area contributed by atoms with Crippen LogP contribution in [-0.4, -0.2) is 157 Å². The Kier molecular flexibility index (Phi) is 14.9. The Morgan fingerprint density at radius 3 is 2.52 bits per heavy atom. The quantitative estimate of drug-likeness (QED) is 0.0366. The van der Waals surface area contributed by atoms with Gasteiger partial charge in [0.15, 0.2) is 0 Å². The van der Waals surface area contributed by atoms with Gasteiger partial charge in [0.05, 0.1) is 73.1 Å². The highest BCUT2D eigenvalue weighted by atomic mass is 32.1. The zero-order valence-corrected chi connectivity index (χ0v) is 51.7. The second-order valence-corrected chi connectivity index (χ2v) is 29.0. The number of benzene rings is 2. The number of nitrogens with one attached hydrogen (secondary N) is 3. The highest BCUT2D eigenvalue weighted by Gasteiger charge is 2.72. The molecule has 5 saturated heterocycles. The van der Waals surface area contributed by atoms with Gasteiger partial charge in [-0.1, -0.05) is 51.0 Å². The number of piperazine rings is 1. The number of nitrogens with two attached hydrogens (primary N) is 1. The summed E-state index contributed by atoms with van der Waals surface area (Å²) in [7, 11) is 0. The number of aromatic nitrogens is 6. The maximum Gasteiger partial charge on any atom is 0.319 e. The molecule has 18 nitrogen and oxygen atoms in total. The van der Waals surface area contributed by atoms with Gasteiger partial charge in [-0.25, -0.2) is 13.8 Å². The van der Waals surface area contributed by atoms with E-state index < -0.39 is 34.9 Å². The third-order valence-corrected chi connectivity index (χ3v) is 22.2. The lowest BCUT2D eigenvalue weighted by Crippen LogP contribution is -2.52. The molecule has 2 aromatic carbocycles. The third-order valence-electron chi connectivity index (χ3n) is 19.2. The van der Waals surface area contributed by atoms with Crippen molar-refractivity contribution in [1.29, 1.82) is 0 Å². The number of amides is 2. The number of carbonyl (C=O) groups excluding carboxylic acids is 2. The number of aliphatic hydroxyl groups excluding tert-OH is 1. The predicted molar refractivity (Wildman–Crippen MR) is 338 cm³/mol. The van der Waals surface area contributed by atoms with Crippen molar-refractivity contribution in [1.82, 2.24) is 50.6 Å². The van der Waals surface area contributed by atoms with Gasteiger partial charge in [-0.15, -0.1) is 40.4 Å². The van der Waals surface area contributed by atoms with E-state index in [1.54, 1.807) is 22.7 Å². The number of H-pyrrole nitrogens is 1. The van der Waals surface area contributed by atoms with E-state index in [4.69, 9.17) is 41.6 Å². The van der Waals surface area contributed by atoms with E-state index in [1.807, 2.05) is 81.3 Å². The minimum atomic E-state index is -2.92. The van der Waals surface area contributed by atoms with Crippen LogP contribution in [0.5, 0.6) is 6.01 Å². The fourth-order valence-electron chi connectivity index (χ4n) is 14.2. The van der Waals surface area contributed by atoms with E-state index in [9.17, 15) is 14.7 Å². The lowest BCUT2D eigenvalue weighted by atomic mass is 9.80. The predicted octanol–water partition coefficient (Wildman–Crippen LogP) is 9.46. The van der Waals surface area contributed by atoms with Crippen molar-refractivity contribution < 1.29 is 33.0 Å². The molecule has 2 unspecified atom stereocenters. The van der Waals surface area contributed by atoms with Crippen LogP contribution >= 0.6 is 34.0 Å². The number of piperidine rings is 1. The standard InChI is InChI=1S/C64H71F2N13O5S3/c1-6-38-30-85-47-23-45-44(25-71-76-45)50(49(38)47)52-54-43(14-18-68-52)51-56(78-26-40-11-12-41(27-78)72-40)74-60(75-58(51)87-54)83-33-62(31-64(62,65)66)32-77-19-16-63(17-20-77)15-13-37(29-84-63)21-48(67)73-55(61(3,4)5)59(82)79-28-42(80)22-46(79)57(81)69-24-36-7-9-39(10-8-36)53-35(2)70-34-86-53/h1,7-10,14,18,23,25,30,34,37,40-42,46,55,72,80H,11-13,15-17,19-22,24,26-29,31-33H2,2-5H3,(H2,67,73)(H,69,81)(H,71,76)/t37-,40?,41?,42+,46-,55+,62+/m0/s1. The number of aromatic amines is 1. The van der Waals surface area contributed by atoms with Gasteiger partial charge in [-0.05, 0) is 80.0 Å². The largest absolute Gasteiger partial charge is 0.462 e. The van der Waals surface area contributed by atoms with Crippen LogP contribution in [0.15, 0.2) is 64.7 Å². The zero-order valence-electron chi connectivity index (χ0n) is 49.2. The Morgan fingerprint density at radius 1 is 1.03 bits per heavy atom. The first-order valence-corrected chi connectivity index (χ1v) is 32.8. The first-order chi connectivity index (χ1) is 41.8. The molecule has 1 spiro atoms. The maximum atomic E-state index is 15.9. The number of rotatable bonds is 15. The molecule has 6 N–H and O–H groups in total. The number of terminal acetylenes is 1. The van der Waals surface area contributed by atoms with Crippen LogP contribution < -0.4 is 26.0 Å². The number of aryl methyl sites for hydroxylation is 1. The number of amidine groups is 1. The van der Waals surface area contributed by atoms with Gasteiger partial charge in [-0.2, -0.15) is 15.1 Å². The van der Waals surface area contributed by atoms with Gasteiger partial charge < -0.3 is 45.6 Å². The molecule has 6 fully saturated rings. The van der Waals surface area contributed by atoms with Gasteiger partial charge >= 0.3 is 6.01 Å². The summed E-state index contributed by atoms with van der Waals surface area (Å²) in [5.74, 6) is 0.430. The molecular weight excluding hydrogens is 1160 g/mol. The Balaban J connectivity index is 0.619. The molecule has 87 heavy (non-hydrogen) atoms. The Bertz CT molecular complexity index is 4030. The molecule has 6 aliphatic rings. The van der Waals surface area contributed by atoms with E-state index in [-0.39, 0.29) is 68.4 Å². The second kappa shape index (κ2) is 22.4. The number of ether oxygens (including phenoxy) is 2. The van der Waals surface area contributed by atoms with E-state index in [0.29, 0.717) is 61.7 Å². The molecule has 1 saturated carbocycles. The monoisotopic (exact) mass is 1240 g/mol. The van der Waals surface area contributed by atoms with Gasteiger partial charge in [0.25, 0.3) is 5.92 Å². The summed E-state index contributed by atoms with van der Waals surface area (Å²) in [6.45, 7) is 11.2. The van der Waals surface area contributed by atoms with Gasteiger partial charge in [0, 0.05) is 121 Å². The van der Waals surface area contributed by atoms with E-state index in [0.717, 1.165) is 120 Å². The SMILES string of the molecule is C#Cc1csc2cc3[nH]ncc3c(-c3nccc4c3sc3nc(OC[C@]5(CN6CCC7(CC[C@@H](CC(N)=N[C@H](C(=O)N8C[C@H](O)C[C@H]8C(=O)NCc8ccc(-c9scnc9C)cc8)C(C)(C)C)CO7)CC6)CC5(F)F)nc(N5CC6CCC(C5)N6)c34)c12. The van der Waals surface area contributed by atoms with E-state index in [1.165, 1.54) is 16.2 Å². The van der Waals surface area contributed by atoms with Crippen molar-refractivity contribution in [2.24, 2.45) is 27.5 Å². The van der Waals surface area contributed by atoms with Crippen LogP contribution in [0.1, 0.15) is 95.4 Å². The van der Waals surface area contributed by atoms with Gasteiger partial charge in [0.2, 0.25) is 11.8 Å². The number of thiazole rings is 1. The minimum Gasteiger partial charge on any atom is -0.462 e. The van der Waals surface area contributed by atoms with Crippen molar-refractivity contribution in [2.75, 3.05) is 57.4 Å². The molecule has 1 aliphatic carbocycles. The Morgan fingerprint density at radius 2 is 1.82 bits per heavy atom. The molecule has 23 heteroatoms. The zero-order chi connectivity index (χ0) is 60.1. The summed E-state index contributed by atoms with van der Waals surface area (Å²) >= 11 is 4.67. The second-order valence-electron chi connectivity index (χ2n) is 26.2. The number of β-amino-alcohol motifs (C(OH)–C–C–N with tert-alkyl or cyclic N) is 1. The van der Waals surface area contributed by atoms with Crippen LogP contribution in [0, 0.1) is 36.0 Å². The number of pyridine rings is 1. The third kappa shape index (κ3) is 10.9. The number of halogens is 2. The maximum absolute atomic E-state index is 15.9. The molecule has 5 aliphatic heterocycles. The molecule has 7 atom stereocenters. The molecule has 454 valence electrons. The van der Waals surface area contributed by atoms with Crippen LogP contribution in [-0.2, 0) is 20.9 Å². The number of hydrogen-bond acceptors (Lipinski definition) is 17. The fraction of sp³-hybridized carbons (Fsp3) is 0.500. The summed E-state index contributed by atoms with van der Waals surface area (Å²) in [5, 5.41) is 30.8. The normalized spacial score (nSPS) is 25.0. The van der Waals surface area contributed by atoms with Crippen LogP contribution in [0.3, 0.4) is 0 Å². The van der Waals surface area contributed by atoms with Crippen LogP contribution in [0.4, 0.5) is 14.6 Å². The average molecular weight is 1240 g/mol. The number of alkyl halides is 2. The van der Waals surface area contributed by atoms with E-state index in [2.05, 4.69) is 47.6 Å². The summed E-state index contributed by atoms with van der Waals surface area (Å²) in [6, 6.07) is 11.0. The lowest BCUT2D eigenvalue weighted by Gasteiger charge is -2.46. The molecule has 8 aromatic rings. The van der Waals surface area contributed by atoms with Gasteiger partial charge in [0.1, 0.15) is 29.3 Å². The minimum absolute atomic E-state index is 0.0225. The number of likely N-dealkylation sites (tertiary alicyclic amines) is 2. The molecular formula is C64H71F2N13O5S3. The number of nitrogens with zero attached hydrogens (tertiary/aromatic N) is 9. The number of hydrogen-bond donors (Lipinski definition) is 5. The van der Waals surface area contributed by atoms with Crippen LogP contribution in [0.25, 0.3) is 63.0 Å². The van der Waals surface area contributed by atoms with Crippen molar-refractivity contribution in [3.63, 3.8) is 0 Å². The smallest absolute Gasteiger partial charge is 0.319 e. The number of thiophene rings is 2. The topological polar surface area (TPSA) is 225 Å². The number of aliphatic imine (C=N–C) groups is 1. The summed E-state index contributed by atoms with van der Waals surface area (Å²) < 4.78 is 46.8.